The van der Waals surface area contributed by atoms with Crippen molar-refractivity contribution in [2.45, 2.75) is 57.3 Å². The molecule has 4 rings (SSSR count). The molecule has 0 N–H and O–H groups in total. The van der Waals surface area contributed by atoms with E-state index in [0.717, 1.165) is 83.0 Å². The first-order chi connectivity index (χ1) is 14.3. The highest BCUT2D eigenvalue weighted by Crippen LogP contribution is 2.26. The highest BCUT2D eigenvalue weighted by molar-refractivity contribution is 5.76. The number of rotatable bonds is 7. The maximum absolute atomic E-state index is 12.5. The highest BCUT2D eigenvalue weighted by atomic mass is 16.5. The molecule has 2 aromatic rings. The van der Waals surface area contributed by atoms with E-state index >= 15 is 0 Å². The van der Waals surface area contributed by atoms with Crippen molar-refractivity contribution in [2.24, 2.45) is 5.92 Å². The fraction of sp³-hybridized carbons (Fsp3) is 0.609. The molecule has 6 nitrogen and oxygen atoms in total. The molecule has 1 amide bonds. The Morgan fingerprint density at radius 2 is 1.79 bits per heavy atom. The van der Waals surface area contributed by atoms with E-state index in [1.807, 2.05) is 23.1 Å². The first kappa shape index (κ1) is 20.1. The third-order valence-corrected chi connectivity index (χ3v) is 6.27. The molecule has 3 heterocycles. The molecule has 2 fully saturated rings. The zero-order valence-electron chi connectivity index (χ0n) is 17.1. The van der Waals surface area contributed by atoms with Crippen molar-refractivity contribution < 1.29 is 14.1 Å². The first-order valence-corrected chi connectivity index (χ1v) is 11.0. The topological polar surface area (TPSA) is 68.5 Å². The molecule has 0 radical (unpaired) electrons. The Kier molecular flexibility index (Phi) is 6.93. The normalized spacial score (nSPS) is 18.8. The van der Waals surface area contributed by atoms with Crippen LogP contribution in [-0.2, 0) is 22.4 Å². The lowest BCUT2D eigenvalue weighted by atomic mass is 9.92. The Labute approximate surface area is 172 Å². The van der Waals surface area contributed by atoms with E-state index in [9.17, 15) is 4.79 Å². The summed E-state index contributed by atoms with van der Waals surface area (Å²) in [7, 11) is 0. The maximum Gasteiger partial charge on any atom is 0.229 e. The fourth-order valence-electron chi connectivity index (χ4n) is 4.34. The van der Waals surface area contributed by atoms with Crippen LogP contribution in [0.2, 0.25) is 0 Å². The lowest BCUT2D eigenvalue weighted by molar-refractivity contribution is -0.132. The van der Waals surface area contributed by atoms with E-state index < -0.39 is 0 Å². The zero-order chi connectivity index (χ0) is 19.9. The van der Waals surface area contributed by atoms with Gasteiger partial charge in [0.1, 0.15) is 0 Å². The molecule has 0 bridgehead atoms. The molecule has 6 heteroatoms. The van der Waals surface area contributed by atoms with Crippen LogP contribution in [0.3, 0.4) is 0 Å². The van der Waals surface area contributed by atoms with Crippen molar-refractivity contribution in [3.8, 4) is 0 Å². The summed E-state index contributed by atoms with van der Waals surface area (Å²) >= 11 is 0. The lowest BCUT2D eigenvalue weighted by Gasteiger charge is -2.32. The van der Waals surface area contributed by atoms with Gasteiger partial charge in [-0.05, 0) is 50.0 Å². The summed E-state index contributed by atoms with van der Waals surface area (Å²) in [4.78, 5) is 19.2. The SMILES string of the molecule is O=C(CCc1ccccc1)N1CCC(CCc2noc(C3CCOCC3)n2)CC1. The van der Waals surface area contributed by atoms with Crippen LogP contribution in [0.4, 0.5) is 0 Å². The van der Waals surface area contributed by atoms with E-state index in [-0.39, 0.29) is 5.91 Å². The summed E-state index contributed by atoms with van der Waals surface area (Å²) in [5.74, 6) is 2.88. The third-order valence-electron chi connectivity index (χ3n) is 6.27. The minimum Gasteiger partial charge on any atom is -0.381 e. The number of carbonyl (C=O) groups excluding carboxylic acids is 1. The molecular formula is C23H31N3O3. The van der Waals surface area contributed by atoms with Gasteiger partial charge in [-0.3, -0.25) is 4.79 Å². The van der Waals surface area contributed by atoms with E-state index in [4.69, 9.17) is 9.26 Å². The van der Waals surface area contributed by atoms with Gasteiger partial charge in [-0.2, -0.15) is 4.98 Å². The second kappa shape index (κ2) is 10.0. The Bertz CT molecular complexity index is 763. The van der Waals surface area contributed by atoms with Crippen LogP contribution < -0.4 is 0 Å². The van der Waals surface area contributed by atoms with Crippen LogP contribution >= 0.6 is 0 Å². The molecule has 2 aliphatic rings. The summed E-state index contributed by atoms with van der Waals surface area (Å²) in [6.45, 7) is 3.31. The van der Waals surface area contributed by atoms with Crippen LogP contribution in [0.5, 0.6) is 0 Å². The monoisotopic (exact) mass is 397 g/mol. The molecule has 0 unspecified atom stereocenters. The van der Waals surface area contributed by atoms with Gasteiger partial charge in [-0.25, -0.2) is 0 Å². The van der Waals surface area contributed by atoms with Crippen LogP contribution in [0.15, 0.2) is 34.9 Å². The van der Waals surface area contributed by atoms with Gasteiger partial charge < -0.3 is 14.2 Å². The van der Waals surface area contributed by atoms with Gasteiger partial charge >= 0.3 is 0 Å². The molecule has 0 saturated carbocycles. The van der Waals surface area contributed by atoms with Crippen LogP contribution in [-0.4, -0.2) is 47.3 Å². The fourth-order valence-corrected chi connectivity index (χ4v) is 4.34. The van der Waals surface area contributed by atoms with Gasteiger partial charge in [0.15, 0.2) is 5.82 Å². The van der Waals surface area contributed by atoms with Gasteiger partial charge in [0.2, 0.25) is 11.8 Å². The van der Waals surface area contributed by atoms with Crippen molar-refractivity contribution in [1.82, 2.24) is 15.0 Å². The van der Waals surface area contributed by atoms with Crippen molar-refractivity contribution in [3.05, 3.63) is 47.6 Å². The number of carbonyl (C=O) groups is 1. The van der Waals surface area contributed by atoms with Gasteiger partial charge in [0.05, 0.1) is 0 Å². The van der Waals surface area contributed by atoms with E-state index in [0.29, 0.717) is 18.3 Å². The molecule has 0 atom stereocenters. The van der Waals surface area contributed by atoms with Gasteiger partial charge in [0.25, 0.3) is 0 Å². The minimum absolute atomic E-state index is 0.284. The number of aryl methyl sites for hydroxylation is 2. The van der Waals surface area contributed by atoms with Gasteiger partial charge in [-0.1, -0.05) is 35.5 Å². The second-order valence-electron chi connectivity index (χ2n) is 8.28. The number of hydrogen-bond acceptors (Lipinski definition) is 5. The minimum atomic E-state index is 0.284. The van der Waals surface area contributed by atoms with Crippen molar-refractivity contribution in [3.63, 3.8) is 0 Å². The predicted molar refractivity (Wildman–Crippen MR) is 109 cm³/mol. The van der Waals surface area contributed by atoms with Crippen molar-refractivity contribution in [1.29, 1.82) is 0 Å². The molecule has 2 saturated heterocycles. The number of hydrogen-bond donors (Lipinski definition) is 0. The third kappa shape index (κ3) is 5.66. The Morgan fingerprint density at radius 1 is 1.03 bits per heavy atom. The van der Waals surface area contributed by atoms with Gasteiger partial charge in [-0.15, -0.1) is 0 Å². The van der Waals surface area contributed by atoms with Crippen LogP contribution in [0.1, 0.15) is 61.7 Å². The summed E-state index contributed by atoms with van der Waals surface area (Å²) in [6, 6.07) is 10.2. The molecule has 1 aromatic carbocycles. The van der Waals surface area contributed by atoms with E-state index in [2.05, 4.69) is 22.3 Å². The first-order valence-electron chi connectivity index (χ1n) is 11.0. The van der Waals surface area contributed by atoms with Crippen molar-refractivity contribution in [2.75, 3.05) is 26.3 Å². The molecular weight excluding hydrogens is 366 g/mol. The zero-order valence-corrected chi connectivity index (χ0v) is 17.1. The standard InChI is InChI=1S/C23H31N3O3/c27-22(9-7-18-4-2-1-3-5-18)26-14-10-19(11-15-26)6-8-21-24-23(29-25-21)20-12-16-28-17-13-20/h1-5,19-20H,6-17H2. The number of likely N-dealkylation sites (tertiary alicyclic amines) is 1. The number of piperidine rings is 1. The summed E-state index contributed by atoms with van der Waals surface area (Å²) < 4.78 is 10.9. The van der Waals surface area contributed by atoms with Crippen molar-refractivity contribution >= 4 is 5.91 Å². The molecule has 0 spiro atoms. The number of ether oxygens (including phenoxy) is 1. The van der Waals surface area contributed by atoms with Crippen LogP contribution in [0.25, 0.3) is 0 Å². The van der Waals surface area contributed by atoms with Crippen LogP contribution in [0, 0.1) is 5.92 Å². The summed E-state index contributed by atoms with van der Waals surface area (Å²) in [6.07, 6.45) is 7.44. The summed E-state index contributed by atoms with van der Waals surface area (Å²) in [5.41, 5.74) is 1.23. The molecule has 156 valence electrons. The quantitative estimate of drug-likeness (QED) is 0.711. The smallest absolute Gasteiger partial charge is 0.229 e. The number of aromatic nitrogens is 2. The molecule has 29 heavy (non-hydrogen) atoms. The number of nitrogens with zero attached hydrogens (tertiary/aromatic N) is 3. The largest absolute Gasteiger partial charge is 0.381 e. The lowest BCUT2D eigenvalue weighted by Crippen LogP contribution is -2.38. The Balaban J connectivity index is 1.16. The molecule has 0 aliphatic carbocycles. The molecule has 1 aromatic heterocycles. The highest BCUT2D eigenvalue weighted by Gasteiger charge is 2.24. The predicted octanol–water partition coefficient (Wildman–Crippen LogP) is 3.77. The maximum atomic E-state index is 12.5. The van der Waals surface area contributed by atoms with E-state index in [1.54, 1.807) is 0 Å². The Hall–Kier alpha value is -2.21. The second-order valence-corrected chi connectivity index (χ2v) is 8.28. The average Bonchev–Trinajstić information content (AvgIpc) is 3.27. The number of benzene rings is 1. The average molecular weight is 398 g/mol. The summed E-state index contributed by atoms with van der Waals surface area (Å²) in [5, 5.41) is 4.18. The van der Waals surface area contributed by atoms with Gasteiger partial charge in [0, 0.05) is 45.1 Å². The number of amides is 1. The van der Waals surface area contributed by atoms with E-state index in [1.165, 1.54) is 5.56 Å². The Morgan fingerprint density at radius 3 is 2.55 bits per heavy atom. The molecule has 2 aliphatic heterocycles.